The van der Waals surface area contributed by atoms with E-state index in [9.17, 15) is 45.4 Å². The van der Waals surface area contributed by atoms with Gasteiger partial charge in [0.25, 0.3) is 24.2 Å². The molecule has 16 heteroatoms. The molecule has 42 heavy (non-hydrogen) atoms. The fraction of sp³-hybridized carbons (Fsp3) is 0.615. The van der Waals surface area contributed by atoms with Gasteiger partial charge in [0.05, 0.1) is 23.1 Å². The lowest BCUT2D eigenvalue weighted by Crippen LogP contribution is -2.47. The number of nitrogens with zero attached hydrogens (tertiary/aromatic N) is 3. The van der Waals surface area contributed by atoms with E-state index in [1.807, 2.05) is 0 Å². The zero-order chi connectivity index (χ0) is 31.4. The number of amides is 2. The highest BCUT2D eigenvalue weighted by atomic mass is 32.1. The van der Waals surface area contributed by atoms with Gasteiger partial charge in [0.1, 0.15) is 17.6 Å². The van der Waals surface area contributed by atoms with E-state index in [0.717, 1.165) is 17.2 Å². The lowest BCUT2D eigenvalue weighted by Gasteiger charge is -2.26. The summed E-state index contributed by atoms with van der Waals surface area (Å²) in [7, 11) is 0. The van der Waals surface area contributed by atoms with Crippen molar-refractivity contribution in [2.24, 2.45) is 5.92 Å². The third-order valence-corrected chi connectivity index (χ3v) is 8.47. The van der Waals surface area contributed by atoms with Crippen LogP contribution >= 0.6 is 11.3 Å². The maximum atomic E-state index is 14.3. The number of aromatic nitrogens is 2. The molecule has 1 aliphatic heterocycles. The van der Waals surface area contributed by atoms with Crippen LogP contribution < -0.4 is 10.6 Å². The van der Waals surface area contributed by atoms with Crippen LogP contribution in [-0.4, -0.2) is 74.2 Å². The average molecular weight is 626 g/mol. The molecule has 0 spiro atoms. The van der Waals surface area contributed by atoms with Crippen molar-refractivity contribution in [2.75, 3.05) is 11.9 Å². The molecule has 2 unspecified atom stereocenters. The number of rotatable bonds is 9. The van der Waals surface area contributed by atoms with Crippen LogP contribution in [0.3, 0.4) is 0 Å². The van der Waals surface area contributed by atoms with Crippen molar-refractivity contribution >= 4 is 29.0 Å². The van der Waals surface area contributed by atoms with E-state index in [1.165, 1.54) is 27.7 Å². The number of carbonyl (C=O) groups excluding carboxylic acids is 2. The van der Waals surface area contributed by atoms with Crippen LogP contribution in [0.5, 0.6) is 0 Å². The molecule has 3 heterocycles. The highest BCUT2D eigenvalue weighted by Crippen LogP contribution is 2.43. The Hall–Kier alpha value is -3.01. The van der Waals surface area contributed by atoms with Crippen LogP contribution in [0.25, 0.3) is 10.4 Å². The van der Waals surface area contributed by atoms with E-state index in [2.05, 4.69) is 20.6 Å². The first-order valence-corrected chi connectivity index (χ1v) is 13.9. The predicted molar refractivity (Wildman–Crippen MR) is 140 cm³/mol. The van der Waals surface area contributed by atoms with Crippen molar-refractivity contribution in [3.8, 4) is 10.4 Å². The first kappa shape index (κ1) is 31.9. The summed E-state index contributed by atoms with van der Waals surface area (Å²) in [5, 5.41) is 14.5. The number of aliphatic hydroxyl groups is 1. The van der Waals surface area contributed by atoms with Gasteiger partial charge in [0.15, 0.2) is 5.01 Å². The smallest absolute Gasteiger partial charge is 0.388 e. The zero-order valence-electron chi connectivity index (χ0n) is 23.0. The van der Waals surface area contributed by atoms with Crippen molar-refractivity contribution in [3.05, 3.63) is 28.5 Å². The molecule has 1 saturated heterocycles. The minimum absolute atomic E-state index is 0.285. The Morgan fingerprint density at radius 3 is 2.36 bits per heavy atom. The van der Waals surface area contributed by atoms with Crippen LogP contribution in [0.2, 0.25) is 0 Å². The van der Waals surface area contributed by atoms with E-state index in [-0.39, 0.29) is 15.4 Å². The summed E-state index contributed by atoms with van der Waals surface area (Å²) in [5.41, 5.74) is -3.10. The Bertz CT molecular complexity index is 1340. The number of likely N-dealkylation sites (tertiary alicyclic amines) is 1. The van der Waals surface area contributed by atoms with Gasteiger partial charge in [0.2, 0.25) is 0 Å². The maximum absolute atomic E-state index is 14.3. The van der Waals surface area contributed by atoms with Crippen LogP contribution in [0.15, 0.2) is 12.3 Å². The van der Waals surface area contributed by atoms with Crippen molar-refractivity contribution in [3.63, 3.8) is 0 Å². The summed E-state index contributed by atoms with van der Waals surface area (Å²) in [6, 6.07) is -3.01. The van der Waals surface area contributed by atoms with Gasteiger partial charge in [-0.1, -0.05) is 0 Å². The molecule has 2 amide bonds. The molecule has 232 valence electrons. The summed E-state index contributed by atoms with van der Waals surface area (Å²) in [6.07, 6.45) is -7.07. The second kappa shape index (κ2) is 11.2. The predicted octanol–water partition coefficient (Wildman–Crippen LogP) is 5.65. The summed E-state index contributed by atoms with van der Waals surface area (Å²) in [5.74, 6) is -6.29. The maximum Gasteiger partial charge on any atom is 0.408 e. The Morgan fingerprint density at radius 1 is 1.21 bits per heavy atom. The number of hydrogen-bond donors (Lipinski definition) is 3. The Labute approximate surface area is 240 Å². The molecule has 4 rings (SSSR count). The fourth-order valence-corrected chi connectivity index (χ4v) is 5.57. The number of nitrogens with one attached hydrogen (secondary N) is 2. The van der Waals surface area contributed by atoms with E-state index in [4.69, 9.17) is 0 Å². The minimum atomic E-state index is -4.65. The fourth-order valence-electron chi connectivity index (χ4n) is 4.58. The normalized spacial score (nSPS) is 20.5. The molecule has 3 atom stereocenters. The lowest BCUT2D eigenvalue weighted by molar-refractivity contribution is -0.146. The largest absolute Gasteiger partial charge is 0.408 e. The number of pyridine rings is 1. The SMILES string of the molecule is CC1CC(F)(F)CN1C(=O)c1nc(C(=O)NC(C)C(C)(C)O)sc1-c1cnc(N[C@@H](C2CC2)C(F)(F)F)cc1C(F)F. The molecule has 2 aromatic rings. The van der Waals surface area contributed by atoms with Gasteiger partial charge in [-0.05, 0) is 52.5 Å². The number of alkyl halides is 7. The number of halogens is 7. The standard InChI is InChI=1S/C26H30F7N5O3S/c1-11-8-25(29,30)10-38(11)23(40)17-18(42-22(37-17)21(39)35-12(2)24(3,4)41)15-9-34-16(7-14(15)20(27)28)36-19(13-5-6-13)26(31,32)33/h7,9,11-13,19-20,41H,5-6,8,10H2,1-4H3,(H,34,36)(H,35,39)/t11?,12?,19-/m0/s1. The van der Waals surface area contributed by atoms with Gasteiger partial charge in [-0.15, -0.1) is 11.3 Å². The molecule has 0 radical (unpaired) electrons. The van der Waals surface area contributed by atoms with E-state index >= 15 is 0 Å². The lowest BCUT2D eigenvalue weighted by atomic mass is 10.0. The van der Waals surface area contributed by atoms with Gasteiger partial charge < -0.3 is 20.6 Å². The number of anilines is 1. The molecule has 3 N–H and O–H groups in total. The minimum Gasteiger partial charge on any atom is -0.388 e. The van der Waals surface area contributed by atoms with Gasteiger partial charge >= 0.3 is 6.18 Å². The van der Waals surface area contributed by atoms with E-state index in [1.54, 1.807) is 0 Å². The molecular weight excluding hydrogens is 595 g/mol. The van der Waals surface area contributed by atoms with Gasteiger partial charge in [-0.2, -0.15) is 13.2 Å². The quantitative estimate of drug-likeness (QED) is 0.311. The van der Waals surface area contributed by atoms with Crippen molar-refractivity contribution < 1.29 is 45.4 Å². The second-order valence-electron chi connectivity index (χ2n) is 11.3. The molecule has 2 fully saturated rings. The second-order valence-corrected chi connectivity index (χ2v) is 12.3. The molecule has 1 aliphatic carbocycles. The summed E-state index contributed by atoms with van der Waals surface area (Å²) < 4.78 is 97.4. The van der Waals surface area contributed by atoms with Crippen LogP contribution in [0.4, 0.5) is 36.6 Å². The van der Waals surface area contributed by atoms with Gasteiger partial charge in [0, 0.05) is 29.8 Å². The van der Waals surface area contributed by atoms with E-state index in [0.29, 0.717) is 24.2 Å². The third-order valence-electron chi connectivity index (χ3n) is 7.39. The molecule has 1 saturated carbocycles. The molecule has 8 nitrogen and oxygen atoms in total. The highest BCUT2D eigenvalue weighted by molar-refractivity contribution is 7.17. The monoisotopic (exact) mass is 625 g/mol. The first-order valence-electron chi connectivity index (χ1n) is 13.1. The highest BCUT2D eigenvalue weighted by Gasteiger charge is 2.49. The summed E-state index contributed by atoms with van der Waals surface area (Å²) >= 11 is 0.519. The Balaban J connectivity index is 1.77. The number of thiazole rings is 1. The van der Waals surface area contributed by atoms with E-state index < -0.39 is 90.0 Å². The van der Waals surface area contributed by atoms with Crippen molar-refractivity contribution in [1.82, 2.24) is 20.2 Å². The molecule has 0 bridgehead atoms. The van der Waals surface area contributed by atoms with Crippen LogP contribution in [-0.2, 0) is 0 Å². The Morgan fingerprint density at radius 2 is 1.86 bits per heavy atom. The van der Waals surface area contributed by atoms with Crippen LogP contribution in [0.1, 0.15) is 79.2 Å². The number of hydrogen-bond acceptors (Lipinski definition) is 7. The zero-order valence-corrected chi connectivity index (χ0v) is 23.8. The summed E-state index contributed by atoms with van der Waals surface area (Å²) in [6.45, 7) is 4.78. The third kappa shape index (κ3) is 6.96. The van der Waals surface area contributed by atoms with Gasteiger partial charge in [-0.25, -0.2) is 27.5 Å². The van der Waals surface area contributed by atoms with Crippen molar-refractivity contribution in [1.29, 1.82) is 0 Å². The van der Waals surface area contributed by atoms with Crippen LogP contribution in [0, 0.1) is 5.92 Å². The molecule has 2 aliphatic rings. The van der Waals surface area contributed by atoms with Gasteiger partial charge in [-0.3, -0.25) is 9.59 Å². The topological polar surface area (TPSA) is 107 Å². The summed E-state index contributed by atoms with van der Waals surface area (Å²) in [4.78, 5) is 34.9. The molecule has 2 aromatic heterocycles. The molecule has 0 aromatic carbocycles. The average Bonchev–Trinajstić information content (AvgIpc) is 3.52. The first-order chi connectivity index (χ1) is 19.3. The molecular formula is C26H30F7N5O3S. The van der Waals surface area contributed by atoms with Crippen molar-refractivity contribution in [2.45, 2.75) is 89.2 Å². The Kier molecular flexibility index (Phi) is 8.54. The number of carbonyl (C=O) groups is 2.